The molecule has 1 aliphatic heterocycles. The van der Waals surface area contributed by atoms with E-state index in [4.69, 9.17) is 4.74 Å². The molecule has 110 valence electrons. The molecule has 1 fully saturated rings. The number of piperidine rings is 1. The van der Waals surface area contributed by atoms with Crippen molar-refractivity contribution >= 4 is 11.6 Å². The van der Waals surface area contributed by atoms with Crippen molar-refractivity contribution < 1.29 is 18.3 Å². The Morgan fingerprint density at radius 1 is 1.40 bits per heavy atom. The standard InChI is InChI=1S/C14H18F2N2O2/c1-20-9-14(4-6-17-7-5-14)13(19)18-12-3-2-10(15)8-11(12)16/h2-3,8,17H,4-7,9H2,1H3,(H,18,19). The van der Waals surface area contributed by atoms with Crippen LogP contribution in [0.1, 0.15) is 12.8 Å². The highest BCUT2D eigenvalue weighted by Gasteiger charge is 2.39. The molecule has 4 nitrogen and oxygen atoms in total. The summed E-state index contributed by atoms with van der Waals surface area (Å²) in [7, 11) is 1.54. The highest BCUT2D eigenvalue weighted by Crippen LogP contribution is 2.31. The first-order valence-corrected chi connectivity index (χ1v) is 6.53. The van der Waals surface area contributed by atoms with Gasteiger partial charge in [-0.25, -0.2) is 8.78 Å². The molecule has 1 aliphatic rings. The molecule has 0 bridgehead atoms. The van der Waals surface area contributed by atoms with Crippen molar-refractivity contribution in [1.82, 2.24) is 5.32 Å². The summed E-state index contributed by atoms with van der Waals surface area (Å²) in [4.78, 5) is 12.4. The zero-order valence-corrected chi connectivity index (χ0v) is 11.3. The Kier molecular flexibility index (Phi) is 4.67. The van der Waals surface area contributed by atoms with Gasteiger partial charge in [0.1, 0.15) is 11.6 Å². The third kappa shape index (κ3) is 3.13. The number of carbonyl (C=O) groups is 1. The maximum absolute atomic E-state index is 13.6. The number of ether oxygens (including phenoxy) is 1. The van der Waals surface area contributed by atoms with Gasteiger partial charge in [-0.15, -0.1) is 0 Å². The van der Waals surface area contributed by atoms with E-state index in [2.05, 4.69) is 10.6 Å². The summed E-state index contributed by atoms with van der Waals surface area (Å²) >= 11 is 0. The highest BCUT2D eigenvalue weighted by molar-refractivity contribution is 5.95. The van der Waals surface area contributed by atoms with Gasteiger partial charge in [0.25, 0.3) is 0 Å². The Hall–Kier alpha value is -1.53. The Morgan fingerprint density at radius 2 is 2.10 bits per heavy atom. The molecule has 1 saturated heterocycles. The number of methoxy groups -OCH3 is 1. The smallest absolute Gasteiger partial charge is 0.233 e. The largest absolute Gasteiger partial charge is 0.384 e. The average Bonchev–Trinajstić information content (AvgIpc) is 2.43. The number of hydrogen-bond acceptors (Lipinski definition) is 3. The van der Waals surface area contributed by atoms with Gasteiger partial charge in [0.2, 0.25) is 5.91 Å². The summed E-state index contributed by atoms with van der Waals surface area (Å²) in [5.41, 5.74) is -0.675. The topological polar surface area (TPSA) is 50.4 Å². The number of hydrogen-bond donors (Lipinski definition) is 2. The molecule has 2 rings (SSSR count). The van der Waals surface area contributed by atoms with Gasteiger partial charge in [-0.05, 0) is 38.1 Å². The molecule has 6 heteroatoms. The highest BCUT2D eigenvalue weighted by atomic mass is 19.1. The second-order valence-electron chi connectivity index (χ2n) is 5.04. The predicted octanol–water partition coefficient (Wildman–Crippen LogP) is 1.92. The summed E-state index contributed by atoms with van der Waals surface area (Å²) < 4.78 is 31.6. The number of anilines is 1. The van der Waals surface area contributed by atoms with Crippen LogP contribution in [0.5, 0.6) is 0 Å². The van der Waals surface area contributed by atoms with E-state index in [9.17, 15) is 13.6 Å². The molecule has 1 aromatic carbocycles. The quantitative estimate of drug-likeness (QED) is 0.888. The lowest BCUT2D eigenvalue weighted by Gasteiger charge is -2.35. The summed E-state index contributed by atoms with van der Waals surface area (Å²) in [6.45, 7) is 1.70. The van der Waals surface area contributed by atoms with Gasteiger partial charge in [-0.1, -0.05) is 0 Å². The van der Waals surface area contributed by atoms with E-state index in [1.54, 1.807) is 0 Å². The molecular formula is C14H18F2N2O2. The van der Waals surface area contributed by atoms with Crippen molar-refractivity contribution in [3.05, 3.63) is 29.8 Å². The number of amides is 1. The second kappa shape index (κ2) is 6.28. The molecule has 1 aromatic rings. The van der Waals surface area contributed by atoms with Gasteiger partial charge in [-0.2, -0.15) is 0 Å². The molecule has 2 N–H and O–H groups in total. The fourth-order valence-corrected chi connectivity index (χ4v) is 2.46. The van der Waals surface area contributed by atoms with E-state index in [0.717, 1.165) is 12.1 Å². The second-order valence-corrected chi connectivity index (χ2v) is 5.04. The van der Waals surface area contributed by atoms with E-state index in [1.165, 1.54) is 13.2 Å². The van der Waals surface area contributed by atoms with Crippen LogP contribution in [0.15, 0.2) is 18.2 Å². The van der Waals surface area contributed by atoms with Crippen LogP contribution in [-0.4, -0.2) is 32.7 Å². The van der Waals surface area contributed by atoms with Crippen LogP contribution in [0.4, 0.5) is 14.5 Å². The fourth-order valence-electron chi connectivity index (χ4n) is 2.46. The van der Waals surface area contributed by atoms with Gasteiger partial charge >= 0.3 is 0 Å². The minimum Gasteiger partial charge on any atom is -0.384 e. The predicted molar refractivity (Wildman–Crippen MR) is 71.4 cm³/mol. The van der Waals surface area contributed by atoms with Crippen molar-refractivity contribution in [2.45, 2.75) is 12.8 Å². The van der Waals surface area contributed by atoms with Crippen LogP contribution in [0.3, 0.4) is 0 Å². The van der Waals surface area contributed by atoms with Crippen LogP contribution in [0.25, 0.3) is 0 Å². The summed E-state index contributed by atoms with van der Waals surface area (Å²) in [6, 6.07) is 3.09. The minimum atomic E-state index is -0.778. The van der Waals surface area contributed by atoms with Gasteiger partial charge in [0.05, 0.1) is 17.7 Å². The maximum Gasteiger partial charge on any atom is 0.233 e. The van der Waals surface area contributed by atoms with Gasteiger partial charge < -0.3 is 15.4 Å². The first kappa shape index (κ1) is 14.9. The van der Waals surface area contributed by atoms with Gasteiger partial charge in [0, 0.05) is 13.2 Å². The molecule has 0 aliphatic carbocycles. The van der Waals surface area contributed by atoms with Crippen LogP contribution < -0.4 is 10.6 Å². The molecule has 0 spiro atoms. The van der Waals surface area contributed by atoms with Crippen LogP contribution >= 0.6 is 0 Å². The molecular weight excluding hydrogens is 266 g/mol. The SMILES string of the molecule is COCC1(C(=O)Nc2ccc(F)cc2F)CCNCC1. The Morgan fingerprint density at radius 3 is 2.70 bits per heavy atom. The molecule has 0 aromatic heterocycles. The van der Waals surface area contributed by atoms with E-state index >= 15 is 0 Å². The number of halogens is 2. The Balaban J connectivity index is 2.15. The monoisotopic (exact) mass is 284 g/mol. The molecule has 0 atom stereocenters. The third-order valence-electron chi connectivity index (χ3n) is 3.64. The molecule has 0 radical (unpaired) electrons. The van der Waals surface area contributed by atoms with Crippen molar-refractivity contribution in [3.8, 4) is 0 Å². The number of carbonyl (C=O) groups excluding carboxylic acids is 1. The number of rotatable bonds is 4. The van der Waals surface area contributed by atoms with Crippen LogP contribution in [0.2, 0.25) is 0 Å². The van der Waals surface area contributed by atoms with Gasteiger partial charge in [-0.3, -0.25) is 4.79 Å². The normalized spacial score (nSPS) is 17.8. The Labute approximate surface area is 116 Å². The lowest BCUT2D eigenvalue weighted by Crippen LogP contribution is -2.47. The summed E-state index contributed by atoms with van der Waals surface area (Å²) in [5, 5.41) is 5.72. The van der Waals surface area contributed by atoms with Crippen molar-refractivity contribution in [2.75, 3.05) is 32.1 Å². The Bertz CT molecular complexity index is 483. The van der Waals surface area contributed by atoms with Crippen molar-refractivity contribution in [3.63, 3.8) is 0 Å². The zero-order valence-electron chi connectivity index (χ0n) is 11.3. The van der Waals surface area contributed by atoms with E-state index < -0.39 is 17.0 Å². The minimum absolute atomic E-state index is 0.00888. The number of benzene rings is 1. The van der Waals surface area contributed by atoms with Crippen molar-refractivity contribution in [1.29, 1.82) is 0 Å². The van der Waals surface area contributed by atoms with E-state index in [1.807, 2.05) is 0 Å². The van der Waals surface area contributed by atoms with Crippen LogP contribution in [0, 0.1) is 17.0 Å². The van der Waals surface area contributed by atoms with Crippen molar-refractivity contribution in [2.24, 2.45) is 5.41 Å². The molecule has 0 saturated carbocycles. The summed E-state index contributed by atoms with van der Waals surface area (Å²) in [5.74, 6) is -1.74. The number of nitrogens with one attached hydrogen (secondary N) is 2. The first-order chi connectivity index (χ1) is 9.57. The fraction of sp³-hybridized carbons (Fsp3) is 0.500. The van der Waals surface area contributed by atoms with Crippen LogP contribution in [-0.2, 0) is 9.53 Å². The average molecular weight is 284 g/mol. The third-order valence-corrected chi connectivity index (χ3v) is 3.64. The summed E-state index contributed by atoms with van der Waals surface area (Å²) in [6.07, 6.45) is 1.24. The zero-order chi connectivity index (χ0) is 14.6. The lowest BCUT2D eigenvalue weighted by molar-refractivity contribution is -0.130. The van der Waals surface area contributed by atoms with E-state index in [-0.39, 0.29) is 18.2 Å². The van der Waals surface area contributed by atoms with E-state index in [0.29, 0.717) is 25.9 Å². The maximum atomic E-state index is 13.6. The molecule has 1 amide bonds. The molecule has 20 heavy (non-hydrogen) atoms. The molecule has 0 unspecified atom stereocenters. The van der Waals surface area contributed by atoms with Gasteiger partial charge in [0.15, 0.2) is 0 Å². The first-order valence-electron chi connectivity index (χ1n) is 6.53. The lowest BCUT2D eigenvalue weighted by atomic mass is 9.78. The molecule has 1 heterocycles.